The second-order valence-corrected chi connectivity index (χ2v) is 5.55. The Morgan fingerprint density at radius 3 is 2.21 bits per heavy atom. The molecule has 0 saturated heterocycles. The fraction of sp³-hybridized carbons (Fsp3) is 0.235. The van der Waals surface area contributed by atoms with Gasteiger partial charge < -0.3 is 4.90 Å². The smallest absolute Gasteiger partial charge is 0.236 e. The second kappa shape index (κ2) is 3.95. The van der Waals surface area contributed by atoms with Crippen LogP contribution < -0.4 is 4.90 Å². The van der Waals surface area contributed by atoms with E-state index < -0.39 is 5.41 Å². The van der Waals surface area contributed by atoms with E-state index in [1.165, 1.54) is 0 Å². The van der Waals surface area contributed by atoms with Crippen LogP contribution in [0.2, 0.25) is 0 Å². The van der Waals surface area contributed by atoms with Gasteiger partial charge >= 0.3 is 0 Å². The SMILES string of the molecule is CN1C(=O)C(C)(C)c2ccccc2-c2ccccc21. The minimum Gasteiger partial charge on any atom is -0.314 e. The Labute approximate surface area is 113 Å². The molecular formula is C17H17NO. The molecule has 19 heavy (non-hydrogen) atoms. The Kier molecular flexibility index (Phi) is 2.49. The number of likely N-dealkylation sites (N-methyl/N-ethyl adjacent to an activating group) is 1. The first-order valence-corrected chi connectivity index (χ1v) is 6.50. The summed E-state index contributed by atoms with van der Waals surface area (Å²) in [5.41, 5.74) is 3.84. The van der Waals surface area contributed by atoms with Crippen LogP contribution in [0.3, 0.4) is 0 Å². The molecule has 2 aromatic carbocycles. The van der Waals surface area contributed by atoms with Gasteiger partial charge in [-0.3, -0.25) is 4.79 Å². The van der Waals surface area contributed by atoms with Gasteiger partial charge in [0.15, 0.2) is 0 Å². The average Bonchev–Trinajstić information content (AvgIpc) is 2.50. The zero-order valence-corrected chi connectivity index (χ0v) is 11.5. The Balaban J connectivity index is 2.41. The van der Waals surface area contributed by atoms with E-state index in [2.05, 4.69) is 18.2 Å². The third-order valence-corrected chi connectivity index (χ3v) is 4.00. The van der Waals surface area contributed by atoms with E-state index >= 15 is 0 Å². The van der Waals surface area contributed by atoms with Crippen molar-refractivity contribution in [2.75, 3.05) is 11.9 Å². The highest BCUT2D eigenvalue weighted by atomic mass is 16.2. The van der Waals surface area contributed by atoms with Crippen molar-refractivity contribution in [2.24, 2.45) is 0 Å². The maximum absolute atomic E-state index is 12.7. The number of anilines is 1. The molecule has 1 heterocycles. The number of hydrogen-bond acceptors (Lipinski definition) is 1. The molecule has 0 aliphatic carbocycles. The van der Waals surface area contributed by atoms with Gasteiger partial charge in [-0.15, -0.1) is 0 Å². The van der Waals surface area contributed by atoms with Crippen molar-refractivity contribution in [3.05, 3.63) is 54.1 Å². The third kappa shape index (κ3) is 1.60. The van der Waals surface area contributed by atoms with E-state index in [0.29, 0.717) is 0 Å². The summed E-state index contributed by atoms with van der Waals surface area (Å²) in [6, 6.07) is 16.3. The van der Waals surface area contributed by atoms with Gasteiger partial charge in [0.2, 0.25) is 5.91 Å². The van der Waals surface area contributed by atoms with Gasteiger partial charge in [0, 0.05) is 12.6 Å². The van der Waals surface area contributed by atoms with Crippen LogP contribution in [0.25, 0.3) is 11.1 Å². The first-order chi connectivity index (χ1) is 9.03. The van der Waals surface area contributed by atoms with Gasteiger partial charge in [0.25, 0.3) is 0 Å². The summed E-state index contributed by atoms with van der Waals surface area (Å²) in [6.45, 7) is 3.99. The summed E-state index contributed by atoms with van der Waals surface area (Å²) in [6.07, 6.45) is 0. The number of hydrogen-bond donors (Lipinski definition) is 0. The number of carbonyl (C=O) groups is 1. The normalized spacial score (nSPS) is 16.6. The van der Waals surface area contributed by atoms with Gasteiger partial charge in [-0.1, -0.05) is 42.5 Å². The number of fused-ring (bicyclic) bond motifs is 3. The largest absolute Gasteiger partial charge is 0.314 e. The number of rotatable bonds is 0. The lowest BCUT2D eigenvalue weighted by Crippen LogP contribution is -2.40. The lowest BCUT2D eigenvalue weighted by molar-refractivity contribution is -0.122. The van der Waals surface area contributed by atoms with Crippen molar-refractivity contribution in [3.8, 4) is 11.1 Å². The minimum atomic E-state index is -0.510. The van der Waals surface area contributed by atoms with E-state index in [0.717, 1.165) is 22.4 Å². The molecule has 2 aromatic rings. The fourth-order valence-corrected chi connectivity index (χ4v) is 2.90. The van der Waals surface area contributed by atoms with Gasteiger partial charge in [-0.2, -0.15) is 0 Å². The zero-order chi connectivity index (χ0) is 13.6. The van der Waals surface area contributed by atoms with Crippen molar-refractivity contribution in [2.45, 2.75) is 19.3 Å². The Morgan fingerprint density at radius 2 is 1.47 bits per heavy atom. The summed E-state index contributed by atoms with van der Waals surface area (Å²) in [7, 11) is 1.86. The van der Waals surface area contributed by atoms with Crippen molar-refractivity contribution < 1.29 is 4.79 Å². The van der Waals surface area contributed by atoms with E-state index in [1.807, 2.05) is 51.2 Å². The molecule has 0 bridgehead atoms. The van der Waals surface area contributed by atoms with Crippen LogP contribution in [0, 0.1) is 0 Å². The molecule has 0 spiro atoms. The maximum Gasteiger partial charge on any atom is 0.236 e. The molecule has 0 radical (unpaired) electrons. The predicted octanol–water partition coefficient (Wildman–Crippen LogP) is 3.61. The van der Waals surface area contributed by atoms with Crippen molar-refractivity contribution in [3.63, 3.8) is 0 Å². The van der Waals surface area contributed by atoms with Crippen LogP contribution in [0.1, 0.15) is 19.4 Å². The third-order valence-electron chi connectivity index (χ3n) is 4.00. The van der Waals surface area contributed by atoms with Crippen LogP contribution in [0.5, 0.6) is 0 Å². The fourth-order valence-electron chi connectivity index (χ4n) is 2.90. The van der Waals surface area contributed by atoms with Crippen molar-refractivity contribution in [1.82, 2.24) is 0 Å². The van der Waals surface area contributed by atoms with E-state index in [9.17, 15) is 4.79 Å². The molecule has 0 fully saturated rings. The molecular weight excluding hydrogens is 234 g/mol. The highest BCUT2D eigenvalue weighted by molar-refractivity contribution is 6.06. The number of nitrogens with zero attached hydrogens (tertiary/aromatic N) is 1. The first kappa shape index (κ1) is 12.0. The van der Waals surface area contributed by atoms with Gasteiger partial charge in [-0.25, -0.2) is 0 Å². The van der Waals surface area contributed by atoms with Crippen molar-refractivity contribution >= 4 is 11.6 Å². The molecule has 0 atom stereocenters. The first-order valence-electron chi connectivity index (χ1n) is 6.50. The quantitative estimate of drug-likeness (QED) is 0.700. The standard InChI is InChI=1S/C17H17NO/c1-17(2)14-10-6-4-8-12(14)13-9-5-7-11-15(13)18(3)16(17)19/h4-11H,1-3H3. The molecule has 1 aliphatic rings. The monoisotopic (exact) mass is 251 g/mol. The summed E-state index contributed by atoms with van der Waals surface area (Å²) < 4.78 is 0. The molecule has 0 aromatic heterocycles. The van der Waals surface area contributed by atoms with Gasteiger partial charge in [0.1, 0.15) is 0 Å². The molecule has 1 amide bonds. The Hall–Kier alpha value is -2.09. The highest BCUT2D eigenvalue weighted by Gasteiger charge is 2.38. The molecule has 0 N–H and O–H groups in total. The minimum absolute atomic E-state index is 0.130. The summed E-state index contributed by atoms with van der Waals surface area (Å²) >= 11 is 0. The predicted molar refractivity (Wildman–Crippen MR) is 78.3 cm³/mol. The number of benzene rings is 2. The summed E-state index contributed by atoms with van der Waals surface area (Å²) in [5.74, 6) is 0.130. The van der Waals surface area contributed by atoms with Crippen LogP contribution >= 0.6 is 0 Å². The number of para-hydroxylation sites is 1. The van der Waals surface area contributed by atoms with Crippen LogP contribution in [-0.4, -0.2) is 13.0 Å². The van der Waals surface area contributed by atoms with E-state index in [1.54, 1.807) is 4.90 Å². The number of amides is 1. The average molecular weight is 251 g/mol. The molecule has 0 unspecified atom stereocenters. The molecule has 3 rings (SSSR count). The number of carbonyl (C=O) groups excluding carboxylic acids is 1. The molecule has 2 heteroatoms. The zero-order valence-electron chi connectivity index (χ0n) is 11.5. The molecule has 1 aliphatic heterocycles. The van der Waals surface area contributed by atoms with Crippen LogP contribution in [0.15, 0.2) is 48.5 Å². The summed E-state index contributed by atoms with van der Waals surface area (Å²) in [5, 5.41) is 0. The van der Waals surface area contributed by atoms with E-state index in [4.69, 9.17) is 0 Å². The molecule has 96 valence electrons. The molecule has 0 saturated carbocycles. The Morgan fingerprint density at radius 1 is 0.895 bits per heavy atom. The summed E-state index contributed by atoms with van der Waals surface area (Å²) in [4.78, 5) is 14.5. The van der Waals surface area contributed by atoms with E-state index in [-0.39, 0.29) is 5.91 Å². The topological polar surface area (TPSA) is 20.3 Å². The lowest BCUT2D eigenvalue weighted by atomic mass is 9.80. The van der Waals surface area contributed by atoms with Crippen molar-refractivity contribution in [1.29, 1.82) is 0 Å². The lowest BCUT2D eigenvalue weighted by Gasteiger charge is -2.27. The second-order valence-electron chi connectivity index (χ2n) is 5.55. The highest BCUT2D eigenvalue weighted by Crippen LogP contribution is 2.42. The van der Waals surface area contributed by atoms with Gasteiger partial charge in [-0.05, 0) is 31.0 Å². The van der Waals surface area contributed by atoms with Crippen LogP contribution in [0.4, 0.5) is 5.69 Å². The molecule has 2 nitrogen and oxygen atoms in total. The maximum atomic E-state index is 12.7. The van der Waals surface area contributed by atoms with Gasteiger partial charge in [0.05, 0.1) is 11.1 Å². The van der Waals surface area contributed by atoms with Crippen LogP contribution in [-0.2, 0) is 10.2 Å². The Bertz CT molecular complexity index is 658.